The molecule has 0 spiro atoms. The number of likely N-dealkylation sites (N-methyl/N-ethyl adjacent to an activating group) is 2. The number of ether oxygens (including phenoxy) is 1. The smallest absolute Gasteiger partial charge is 0.247 e. The zero-order valence-electron chi connectivity index (χ0n) is 22.7. The monoisotopic (exact) mass is 525 g/mol. The molecular formula is C28H31N9O2. The van der Waals surface area contributed by atoms with E-state index in [9.17, 15) is 4.79 Å². The molecule has 2 aromatic heterocycles. The number of aromatic nitrogens is 4. The van der Waals surface area contributed by atoms with E-state index in [2.05, 4.69) is 36.9 Å². The Labute approximate surface area is 227 Å². The number of nitrogens with zero attached hydrogens (tertiary/aromatic N) is 7. The summed E-state index contributed by atoms with van der Waals surface area (Å²) in [5.74, 6) is 1.18. The Morgan fingerprint density at radius 2 is 1.97 bits per heavy atom. The van der Waals surface area contributed by atoms with Crippen molar-refractivity contribution in [3.05, 3.63) is 72.5 Å². The van der Waals surface area contributed by atoms with Gasteiger partial charge in [0.2, 0.25) is 11.9 Å². The largest absolute Gasteiger partial charge is 0.494 e. The lowest BCUT2D eigenvalue weighted by Crippen LogP contribution is -2.29. The van der Waals surface area contributed by atoms with Gasteiger partial charge in [0.25, 0.3) is 0 Å². The molecule has 0 saturated heterocycles. The van der Waals surface area contributed by atoms with E-state index in [0.29, 0.717) is 34.6 Å². The van der Waals surface area contributed by atoms with Crippen LogP contribution in [0.4, 0.5) is 28.7 Å². The van der Waals surface area contributed by atoms with Gasteiger partial charge in [0.1, 0.15) is 17.9 Å². The van der Waals surface area contributed by atoms with Crippen LogP contribution < -0.4 is 20.3 Å². The van der Waals surface area contributed by atoms with Crippen LogP contribution in [0.5, 0.6) is 5.75 Å². The molecule has 0 atom stereocenters. The van der Waals surface area contributed by atoms with Crippen molar-refractivity contribution in [3.63, 3.8) is 0 Å². The Morgan fingerprint density at radius 1 is 1.18 bits per heavy atom. The number of methoxy groups -OCH3 is 1. The summed E-state index contributed by atoms with van der Waals surface area (Å²) in [7, 11) is 7.56. The Kier molecular flexibility index (Phi) is 8.07. The van der Waals surface area contributed by atoms with Crippen molar-refractivity contribution in [2.45, 2.75) is 6.92 Å². The number of hydrogen-bond donors (Lipinski definition) is 2. The van der Waals surface area contributed by atoms with Gasteiger partial charge >= 0.3 is 0 Å². The lowest BCUT2D eigenvalue weighted by Gasteiger charge is -2.26. The van der Waals surface area contributed by atoms with Gasteiger partial charge in [0.15, 0.2) is 5.69 Å². The van der Waals surface area contributed by atoms with Crippen LogP contribution in [0.3, 0.4) is 0 Å². The third-order valence-electron chi connectivity index (χ3n) is 6.13. The number of hydrogen-bond acceptors (Lipinski definition) is 8. The first-order valence-electron chi connectivity index (χ1n) is 12.2. The molecule has 39 heavy (non-hydrogen) atoms. The minimum atomic E-state index is -0.326. The van der Waals surface area contributed by atoms with Gasteiger partial charge in [0, 0.05) is 38.0 Å². The first-order chi connectivity index (χ1) is 18.7. The second-order valence-electron chi connectivity index (χ2n) is 9.21. The number of aryl methyl sites for hydroxylation is 1. The quantitative estimate of drug-likeness (QED) is 0.230. The molecule has 2 heterocycles. The summed E-state index contributed by atoms with van der Waals surface area (Å²) >= 11 is 0. The number of anilines is 4. The second kappa shape index (κ2) is 11.6. The molecule has 2 aromatic carbocycles. The van der Waals surface area contributed by atoms with E-state index >= 15 is 0 Å². The number of nitrogens with one attached hydrogen (secondary N) is 2. The Balaban J connectivity index is 1.74. The van der Waals surface area contributed by atoms with Gasteiger partial charge in [-0.2, -0.15) is 4.98 Å². The third kappa shape index (κ3) is 5.97. The van der Waals surface area contributed by atoms with Gasteiger partial charge in [-0.25, -0.2) is 14.8 Å². The Morgan fingerprint density at radius 3 is 2.67 bits per heavy atom. The molecule has 0 aliphatic carbocycles. The van der Waals surface area contributed by atoms with Gasteiger partial charge in [-0.3, -0.25) is 9.36 Å². The summed E-state index contributed by atoms with van der Waals surface area (Å²) in [6.07, 6.45) is 4.62. The number of benzene rings is 2. The van der Waals surface area contributed by atoms with Gasteiger partial charge < -0.3 is 25.2 Å². The summed E-state index contributed by atoms with van der Waals surface area (Å²) in [5, 5.41) is 6.13. The van der Waals surface area contributed by atoms with E-state index in [1.165, 1.54) is 6.08 Å². The maximum atomic E-state index is 12.3. The van der Waals surface area contributed by atoms with Crippen LogP contribution in [0.1, 0.15) is 5.56 Å². The summed E-state index contributed by atoms with van der Waals surface area (Å²) in [6.45, 7) is 14.4. The van der Waals surface area contributed by atoms with Crippen LogP contribution in [0, 0.1) is 13.5 Å². The molecule has 0 fully saturated rings. The van der Waals surface area contributed by atoms with Crippen molar-refractivity contribution < 1.29 is 9.53 Å². The van der Waals surface area contributed by atoms with Crippen LogP contribution in [-0.2, 0) is 4.79 Å². The van der Waals surface area contributed by atoms with Crippen molar-refractivity contribution in [3.8, 4) is 11.6 Å². The Hall–Kier alpha value is -4.95. The van der Waals surface area contributed by atoms with Crippen LogP contribution in [0.2, 0.25) is 0 Å². The highest BCUT2D eigenvalue weighted by atomic mass is 16.5. The average molecular weight is 526 g/mol. The van der Waals surface area contributed by atoms with Crippen molar-refractivity contribution in [2.24, 2.45) is 0 Å². The number of imidazole rings is 1. The predicted octanol–water partition coefficient (Wildman–Crippen LogP) is 4.55. The van der Waals surface area contributed by atoms with Crippen LogP contribution in [0.15, 0.2) is 55.5 Å². The van der Waals surface area contributed by atoms with Crippen molar-refractivity contribution in [1.82, 2.24) is 24.4 Å². The summed E-state index contributed by atoms with van der Waals surface area (Å²) in [4.78, 5) is 33.6. The zero-order chi connectivity index (χ0) is 28.1. The Bertz CT molecular complexity index is 1570. The lowest BCUT2D eigenvalue weighted by atomic mass is 10.2. The summed E-state index contributed by atoms with van der Waals surface area (Å²) in [6, 6.07) is 8.99. The molecular weight excluding hydrogens is 494 g/mol. The number of carbonyl (C=O) groups excluding carboxylic acids is 1. The van der Waals surface area contributed by atoms with Gasteiger partial charge in [0.05, 0.1) is 41.8 Å². The maximum Gasteiger partial charge on any atom is 0.247 e. The molecule has 4 aromatic rings. The van der Waals surface area contributed by atoms with Gasteiger partial charge in [-0.1, -0.05) is 12.6 Å². The molecule has 200 valence electrons. The molecule has 11 heteroatoms. The first-order valence-corrected chi connectivity index (χ1v) is 12.2. The van der Waals surface area contributed by atoms with E-state index in [0.717, 1.165) is 35.4 Å². The molecule has 0 aliphatic heterocycles. The minimum absolute atomic E-state index is 0.326. The fourth-order valence-corrected chi connectivity index (χ4v) is 4.00. The lowest BCUT2D eigenvalue weighted by molar-refractivity contribution is -0.111. The van der Waals surface area contributed by atoms with E-state index in [-0.39, 0.29) is 5.91 Å². The highest BCUT2D eigenvalue weighted by Crippen LogP contribution is 2.38. The molecule has 0 unspecified atom stereocenters. The van der Waals surface area contributed by atoms with E-state index in [1.807, 2.05) is 49.7 Å². The third-order valence-corrected chi connectivity index (χ3v) is 6.13. The zero-order valence-corrected chi connectivity index (χ0v) is 22.7. The number of rotatable bonds is 10. The van der Waals surface area contributed by atoms with Crippen molar-refractivity contribution >= 4 is 45.6 Å². The van der Waals surface area contributed by atoms with E-state index in [4.69, 9.17) is 16.3 Å². The predicted molar refractivity (Wildman–Crippen MR) is 155 cm³/mol. The second-order valence-corrected chi connectivity index (χ2v) is 9.21. The standard InChI is InChI=1S/C28H31N9O2/c1-8-26(38)32-21-14-22(25(39-7)15-23(21)36(6)12-11-35(4)5)33-28-30-16-18(2)27(34-28)37-17-31-20-10-9-19(29-3)13-24(20)37/h8-10,13-17H,1,11-12H2,2,4-7H3,(H,32,38)(H,30,33,34). The highest BCUT2D eigenvalue weighted by Gasteiger charge is 2.17. The fourth-order valence-electron chi connectivity index (χ4n) is 4.00. The van der Waals surface area contributed by atoms with E-state index < -0.39 is 0 Å². The van der Waals surface area contributed by atoms with Gasteiger partial charge in [-0.05, 0) is 45.3 Å². The fraction of sp³-hybridized carbons (Fsp3) is 0.250. The molecule has 4 rings (SSSR count). The van der Waals surface area contributed by atoms with E-state index in [1.54, 1.807) is 37.8 Å². The average Bonchev–Trinajstić information content (AvgIpc) is 3.35. The van der Waals surface area contributed by atoms with Crippen LogP contribution in [-0.4, -0.2) is 71.7 Å². The highest BCUT2D eigenvalue weighted by molar-refractivity contribution is 6.02. The van der Waals surface area contributed by atoms with Crippen molar-refractivity contribution in [2.75, 3.05) is 56.9 Å². The molecule has 0 saturated carbocycles. The normalized spacial score (nSPS) is 10.8. The number of carbonyl (C=O) groups is 1. The van der Waals surface area contributed by atoms with Crippen LogP contribution in [0.25, 0.3) is 21.7 Å². The molecule has 0 radical (unpaired) electrons. The molecule has 0 bridgehead atoms. The molecule has 2 N–H and O–H groups in total. The van der Waals surface area contributed by atoms with Gasteiger partial charge in [-0.15, -0.1) is 0 Å². The summed E-state index contributed by atoms with van der Waals surface area (Å²) in [5.41, 5.74) is 4.83. The molecule has 1 amide bonds. The number of fused-ring (bicyclic) bond motifs is 1. The summed E-state index contributed by atoms with van der Waals surface area (Å²) < 4.78 is 7.53. The van der Waals surface area contributed by atoms with Crippen molar-refractivity contribution in [1.29, 1.82) is 0 Å². The number of amides is 1. The topological polar surface area (TPSA) is 105 Å². The molecule has 11 nitrogen and oxygen atoms in total. The maximum absolute atomic E-state index is 12.3. The molecule has 0 aliphatic rings. The first kappa shape index (κ1) is 27.1. The SMILES string of the molecule is [C-]#[N+]c1ccc2ncn(-c3nc(Nc4cc(NC(=O)C=C)c(N(C)CCN(C)C)cc4OC)ncc3C)c2c1. The van der Waals surface area contributed by atoms with Crippen LogP contribution >= 0.6 is 0 Å². The minimum Gasteiger partial charge on any atom is -0.494 e.